The molecule has 0 aliphatic heterocycles. The fourth-order valence-corrected chi connectivity index (χ4v) is 2.16. The molecule has 120 valence electrons. The van der Waals surface area contributed by atoms with Gasteiger partial charge in [0.15, 0.2) is 0 Å². The number of ether oxygens (including phenoxy) is 2. The first kappa shape index (κ1) is 16.6. The second-order valence-electron chi connectivity index (χ2n) is 5.03. The van der Waals surface area contributed by atoms with E-state index in [-0.39, 0.29) is 0 Å². The van der Waals surface area contributed by atoms with Crippen LogP contribution in [0.25, 0.3) is 6.08 Å². The SMILES string of the molecule is CCc1ccc(OCc2cc(C=CC(=O)O)ccc2OC)cc1. The van der Waals surface area contributed by atoms with Crippen molar-refractivity contribution in [1.29, 1.82) is 0 Å². The molecule has 2 rings (SSSR count). The van der Waals surface area contributed by atoms with Crippen molar-refractivity contribution < 1.29 is 19.4 Å². The Bertz CT molecular complexity index is 687. The lowest BCUT2D eigenvalue weighted by atomic mass is 10.1. The lowest BCUT2D eigenvalue weighted by molar-refractivity contribution is -0.131. The molecule has 0 aliphatic carbocycles. The molecule has 2 aromatic rings. The number of methoxy groups -OCH3 is 1. The first-order valence-electron chi connectivity index (χ1n) is 7.42. The van der Waals surface area contributed by atoms with Gasteiger partial charge in [-0.3, -0.25) is 0 Å². The second-order valence-corrected chi connectivity index (χ2v) is 5.03. The highest BCUT2D eigenvalue weighted by molar-refractivity contribution is 5.85. The summed E-state index contributed by atoms with van der Waals surface area (Å²) >= 11 is 0. The van der Waals surface area contributed by atoms with E-state index in [1.807, 2.05) is 30.3 Å². The van der Waals surface area contributed by atoms with Gasteiger partial charge in [-0.2, -0.15) is 0 Å². The van der Waals surface area contributed by atoms with Crippen LogP contribution in [0.2, 0.25) is 0 Å². The van der Waals surface area contributed by atoms with Gasteiger partial charge in [0.05, 0.1) is 7.11 Å². The molecule has 0 bridgehead atoms. The normalized spacial score (nSPS) is 10.7. The predicted octanol–water partition coefficient (Wildman–Crippen LogP) is 3.93. The monoisotopic (exact) mass is 312 g/mol. The van der Waals surface area contributed by atoms with Crippen LogP contribution in [0.15, 0.2) is 48.5 Å². The number of hydrogen-bond donors (Lipinski definition) is 1. The van der Waals surface area contributed by atoms with Crippen LogP contribution in [0.4, 0.5) is 0 Å². The molecule has 0 radical (unpaired) electrons. The molecule has 4 heteroatoms. The molecular formula is C19H20O4. The molecule has 0 amide bonds. The first-order valence-corrected chi connectivity index (χ1v) is 7.42. The van der Waals surface area contributed by atoms with Crippen molar-refractivity contribution in [3.8, 4) is 11.5 Å². The highest BCUT2D eigenvalue weighted by atomic mass is 16.5. The molecular weight excluding hydrogens is 292 g/mol. The summed E-state index contributed by atoms with van der Waals surface area (Å²) in [5, 5.41) is 8.70. The molecule has 0 atom stereocenters. The quantitative estimate of drug-likeness (QED) is 0.787. The molecule has 1 N–H and O–H groups in total. The van der Waals surface area contributed by atoms with Crippen molar-refractivity contribution in [2.75, 3.05) is 7.11 Å². The molecule has 0 heterocycles. The molecule has 0 aliphatic rings. The van der Waals surface area contributed by atoms with Crippen LogP contribution in [0.3, 0.4) is 0 Å². The summed E-state index contributed by atoms with van der Waals surface area (Å²) in [6, 6.07) is 13.4. The Morgan fingerprint density at radius 2 is 1.91 bits per heavy atom. The smallest absolute Gasteiger partial charge is 0.328 e. The highest BCUT2D eigenvalue weighted by Gasteiger charge is 2.05. The molecule has 0 saturated carbocycles. The van der Waals surface area contributed by atoms with E-state index in [1.54, 1.807) is 25.3 Å². The number of carbonyl (C=O) groups is 1. The van der Waals surface area contributed by atoms with Crippen molar-refractivity contribution in [3.05, 3.63) is 65.2 Å². The largest absolute Gasteiger partial charge is 0.496 e. The summed E-state index contributed by atoms with van der Waals surface area (Å²) in [6.07, 6.45) is 3.64. The van der Waals surface area contributed by atoms with Crippen molar-refractivity contribution in [1.82, 2.24) is 0 Å². The third-order valence-electron chi connectivity index (χ3n) is 3.45. The van der Waals surface area contributed by atoms with Gasteiger partial charge in [0.25, 0.3) is 0 Å². The average Bonchev–Trinajstić information content (AvgIpc) is 2.58. The van der Waals surface area contributed by atoms with Crippen LogP contribution in [0.1, 0.15) is 23.6 Å². The fourth-order valence-electron chi connectivity index (χ4n) is 2.16. The number of hydrogen-bond acceptors (Lipinski definition) is 3. The Morgan fingerprint density at radius 1 is 1.17 bits per heavy atom. The van der Waals surface area contributed by atoms with Crippen molar-refractivity contribution >= 4 is 12.0 Å². The van der Waals surface area contributed by atoms with E-state index in [0.29, 0.717) is 12.4 Å². The van der Waals surface area contributed by atoms with E-state index in [0.717, 1.165) is 29.4 Å². The van der Waals surface area contributed by atoms with Crippen LogP contribution >= 0.6 is 0 Å². The molecule has 0 fully saturated rings. The molecule has 2 aromatic carbocycles. The topological polar surface area (TPSA) is 55.8 Å². The number of carboxylic acids is 1. The summed E-state index contributed by atoms with van der Waals surface area (Å²) in [7, 11) is 1.60. The van der Waals surface area contributed by atoms with E-state index in [2.05, 4.69) is 6.92 Å². The Kier molecular flexibility index (Phi) is 5.80. The summed E-state index contributed by atoms with van der Waals surface area (Å²) in [4.78, 5) is 10.6. The van der Waals surface area contributed by atoms with Crippen molar-refractivity contribution in [2.45, 2.75) is 20.0 Å². The molecule has 0 saturated heterocycles. The third-order valence-corrected chi connectivity index (χ3v) is 3.45. The summed E-state index contributed by atoms with van der Waals surface area (Å²) in [6.45, 7) is 2.46. The maximum Gasteiger partial charge on any atom is 0.328 e. The molecule has 0 spiro atoms. The van der Waals surface area contributed by atoms with Gasteiger partial charge in [0, 0.05) is 11.6 Å². The summed E-state index contributed by atoms with van der Waals surface area (Å²) in [5.41, 5.74) is 2.91. The van der Waals surface area contributed by atoms with Crippen LogP contribution < -0.4 is 9.47 Å². The Hall–Kier alpha value is -2.75. The third kappa shape index (κ3) is 4.88. The minimum absolute atomic E-state index is 0.351. The van der Waals surface area contributed by atoms with Gasteiger partial charge >= 0.3 is 5.97 Å². The van der Waals surface area contributed by atoms with E-state index < -0.39 is 5.97 Å². The zero-order valence-electron chi connectivity index (χ0n) is 13.3. The molecule has 4 nitrogen and oxygen atoms in total. The van der Waals surface area contributed by atoms with Gasteiger partial charge < -0.3 is 14.6 Å². The van der Waals surface area contributed by atoms with Gasteiger partial charge in [0.1, 0.15) is 18.1 Å². The van der Waals surface area contributed by atoms with Gasteiger partial charge in [-0.1, -0.05) is 25.1 Å². The number of aryl methyl sites for hydroxylation is 1. The Labute approximate surface area is 136 Å². The zero-order valence-corrected chi connectivity index (χ0v) is 13.3. The number of benzene rings is 2. The maximum atomic E-state index is 10.6. The Balaban J connectivity index is 2.12. The lowest BCUT2D eigenvalue weighted by Crippen LogP contribution is -1.99. The van der Waals surface area contributed by atoms with Crippen molar-refractivity contribution in [3.63, 3.8) is 0 Å². The van der Waals surface area contributed by atoms with E-state index in [1.165, 1.54) is 5.56 Å². The van der Waals surface area contributed by atoms with Crippen LogP contribution in [0.5, 0.6) is 11.5 Å². The van der Waals surface area contributed by atoms with E-state index in [4.69, 9.17) is 14.6 Å². The van der Waals surface area contributed by atoms with E-state index in [9.17, 15) is 4.79 Å². The van der Waals surface area contributed by atoms with Gasteiger partial charge in [-0.25, -0.2) is 4.79 Å². The lowest BCUT2D eigenvalue weighted by Gasteiger charge is -2.11. The molecule has 23 heavy (non-hydrogen) atoms. The number of rotatable bonds is 7. The predicted molar refractivity (Wildman–Crippen MR) is 89.8 cm³/mol. The zero-order chi connectivity index (χ0) is 16.7. The van der Waals surface area contributed by atoms with Gasteiger partial charge in [-0.15, -0.1) is 0 Å². The number of carboxylic acid groups (broad SMARTS) is 1. The van der Waals surface area contributed by atoms with Crippen LogP contribution in [0, 0.1) is 0 Å². The van der Waals surface area contributed by atoms with Crippen molar-refractivity contribution in [2.24, 2.45) is 0 Å². The molecule has 0 unspecified atom stereocenters. The number of aliphatic carboxylic acids is 1. The van der Waals surface area contributed by atoms with Crippen LogP contribution in [-0.4, -0.2) is 18.2 Å². The maximum absolute atomic E-state index is 10.6. The Morgan fingerprint density at radius 3 is 2.52 bits per heavy atom. The van der Waals surface area contributed by atoms with Gasteiger partial charge in [0.2, 0.25) is 0 Å². The van der Waals surface area contributed by atoms with Gasteiger partial charge in [-0.05, 0) is 47.9 Å². The summed E-state index contributed by atoms with van der Waals surface area (Å²) < 4.78 is 11.1. The van der Waals surface area contributed by atoms with E-state index >= 15 is 0 Å². The first-order chi connectivity index (χ1) is 11.1. The minimum atomic E-state index is -0.977. The standard InChI is InChI=1S/C19H20O4/c1-3-14-4-8-17(9-5-14)23-13-16-12-15(7-11-19(20)21)6-10-18(16)22-2/h4-12H,3,13H2,1-2H3,(H,20,21). The highest BCUT2D eigenvalue weighted by Crippen LogP contribution is 2.23. The second kappa shape index (κ2) is 8.03. The minimum Gasteiger partial charge on any atom is -0.496 e. The fraction of sp³-hybridized carbons (Fsp3) is 0.211. The molecule has 0 aromatic heterocycles. The summed E-state index contributed by atoms with van der Waals surface area (Å²) in [5.74, 6) is 0.521. The van der Waals surface area contributed by atoms with Crippen LogP contribution in [-0.2, 0) is 17.8 Å². The average molecular weight is 312 g/mol.